The normalized spacial score (nSPS) is 10.6. The highest BCUT2D eigenvalue weighted by Crippen LogP contribution is 2.19. The summed E-state index contributed by atoms with van der Waals surface area (Å²) in [5, 5.41) is 5.98. The van der Waals surface area contributed by atoms with Gasteiger partial charge in [0.1, 0.15) is 5.75 Å². The number of nitrogens with one attached hydrogen (secondary N) is 2. The molecule has 3 aromatic carbocycles. The van der Waals surface area contributed by atoms with Crippen LogP contribution in [0.5, 0.6) is 5.75 Å². The maximum atomic E-state index is 12.9. The summed E-state index contributed by atoms with van der Waals surface area (Å²) < 4.78 is 5.77. The van der Waals surface area contributed by atoms with E-state index in [0.29, 0.717) is 30.3 Å². The van der Waals surface area contributed by atoms with Gasteiger partial charge in [-0.15, -0.1) is 0 Å². The van der Waals surface area contributed by atoms with E-state index in [4.69, 9.17) is 4.74 Å². The Kier molecular flexibility index (Phi) is 9.09. The summed E-state index contributed by atoms with van der Waals surface area (Å²) in [4.78, 5) is 27.0. The summed E-state index contributed by atoms with van der Waals surface area (Å²) in [5.41, 5.74) is 2.87. The average molecular weight is 460 g/mol. The number of rotatable bonds is 11. The highest BCUT2D eigenvalue weighted by molar-refractivity contribution is 6.06. The third kappa shape index (κ3) is 7.37. The molecule has 3 rings (SSSR count). The number of hydrogen-bond acceptors (Lipinski definition) is 4. The number of benzene rings is 3. The molecule has 0 heterocycles. The molecule has 6 heteroatoms. The average Bonchev–Trinajstić information content (AvgIpc) is 2.84. The van der Waals surface area contributed by atoms with Crippen LogP contribution in [0.3, 0.4) is 0 Å². The van der Waals surface area contributed by atoms with Crippen molar-refractivity contribution >= 4 is 28.9 Å². The first kappa shape index (κ1) is 24.8. The molecule has 0 spiro atoms. The van der Waals surface area contributed by atoms with Crippen LogP contribution in [0.2, 0.25) is 0 Å². The molecule has 0 radical (unpaired) electrons. The zero-order valence-electron chi connectivity index (χ0n) is 20.1. The van der Waals surface area contributed by atoms with Crippen LogP contribution < -0.4 is 20.3 Å². The monoisotopic (exact) mass is 459 g/mol. The third-order valence-electron chi connectivity index (χ3n) is 5.30. The van der Waals surface area contributed by atoms with Crippen LogP contribution in [0.15, 0.2) is 78.9 Å². The maximum absolute atomic E-state index is 12.9. The van der Waals surface area contributed by atoms with Crippen molar-refractivity contribution in [2.45, 2.75) is 27.2 Å². The van der Waals surface area contributed by atoms with Crippen molar-refractivity contribution in [3.63, 3.8) is 0 Å². The number of carbonyl (C=O) groups excluding carboxylic acids is 2. The van der Waals surface area contributed by atoms with Crippen molar-refractivity contribution < 1.29 is 14.3 Å². The van der Waals surface area contributed by atoms with E-state index in [-0.39, 0.29) is 18.4 Å². The lowest BCUT2D eigenvalue weighted by molar-refractivity contribution is -0.114. The number of hydrogen-bond donors (Lipinski definition) is 2. The summed E-state index contributed by atoms with van der Waals surface area (Å²) in [6.45, 7) is 7.62. The molecular formula is C28H33N3O3. The van der Waals surface area contributed by atoms with Crippen molar-refractivity contribution in [3.8, 4) is 5.75 Å². The molecule has 3 aromatic rings. The van der Waals surface area contributed by atoms with E-state index in [1.54, 1.807) is 29.2 Å². The molecule has 0 aromatic heterocycles. The minimum atomic E-state index is -0.176. The number of anilines is 3. The molecule has 34 heavy (non-hydrogen) atoms. The molecule has 0 saturated carbocycles. The Labute approximate surface area is 201 Å². The first-order chi connectivity index (χ1) is 16.5. The van der Waals surface area contributed by atoms with Gasteiger partial charge < -0.3 is 20.3 Å². The van der Waals surface area contributed by atoms with Gasteiger partial charge >= 0.3 is 0 Å². The van der Waals surface area contributed by atoms with Gasteiger partial charge in [0.05, 0.1) is 13.2 Å². The van der Waals surface area contributed by atoms with Crippen LogP contribution in [0.4, 0.5) is 17.1 Å². The fourth-order valence-electron chi connectivity index (χ4n) is 3.40. The lowest BCUT2D eigenvalue weighted by Gasteiger charge is -2.21. The summed E-state index contributed by atoms with van der Waals surface area (Å²) >= 11 is 0. The highest BCUT2D eigenvalue weighted by Gasteiger charge is 2.16. The molecule has 0 aliphatic rings. The van der Waals surface area contributed by atoms with Crippen LogP contribution >= 0.6 is 0 Å². The highest BCUT2D eigenvalue weighted by atomic mass is 16.5. The SMILES string of the molecule is CCN(C(=O)c1ccc(NC(=O)CNc2cccc(OCCC(C)C)c2)cc1)c1ccccc1. The molecule has 0 fully saturated rings. The zero-order valence-corrected chi connectivity index (χ0v) is 20.1. The third-order valence-corrected chi connectivity index (χ3v) is 5.30. The first-order valence-corrected chi connectivity index (χ1v) is 11.7. The second kappa shape index (κ2) is 12.4. The summed E-state index contributed by atoms with van der Waals surface area (Å²) in [6.07, 6.45) is 0.993. The van der Waals surface area contributed by atoms with E-state index in [1.807, 2.05) is 61.5 Å². The zero-order chi connectivity index (χ0) is 24.3. The van der Waals surface area contributed by atoms with Gasteiger partial charge in [0.25, 0.3) is 5.91 Å². The van der Waals surface area contributed by atoms with Crippen molar-refractivity contribution in [2.75, 3.05) is 35.2 Å². The molecule has 2 N–H and O–H groups in total. The topological polar surface area (TPSA) is 70.7 Å². The summed E-state index contributed by atoms with van der Waals surface area (Å²) in [7, 11) is 0. The van der Waals surface area contributed by atoms with Crippen LogP contribution in [0.1, 0.15) is 37.6 Å². The second-order valence-corrected chi connectivity index (χ2v) is 8.42. The van der Waals surface area contributed by atoms with E-state index in [0.717, 1.165) is 23.5 Å². The van der Waals surface area contributed by atoms with Crippen molar-refractivity contribution in [1.82, 2.24) is 0 Å². The minimum Gasteiger partial charge on any atom is -0.494 e. The van der Waals surface area contributed by atoms with Gasteiger partial charge in [-0.2, -0.15) is 0 Å². The summed E-state index contributed by atoms with van der Waals surface area (Å²) in [6, 6.07) is 24.1. The second-order valence-electron chi connectivity index (χ2n) is 8.42. The van der Waals surface area contributed by atoms with Crippen LogP contribution in [0, 0.1) is 5.92 Å². The van der Waals surface area contributed by atoms with Gasteiger partial charge in [0, 0.05) is 35.2 Å². The van der Waals surface area contributed by atoms with E-state index in [9.17, 15) is 9.59 Å². The smallest absolute Gasteiger partial charge is 0.258 e. The van der Waals surface area contributed by atoms with E-state index in [2.05, 4.69) is 24.5 Å². The Balaban J connectivity index is 1.51. The Hall–Kier alpha value is -3.80. The molecule has 178 valence electrons. The van der Waals surface area contributed by atoms with Gasteiger partial charge in [-0.25, -0.2) is 0 Å². The lowest BCUT2D eigenvalue weighted by atomic mass is 10.1. The Morgan fingerprint density at radius 1 is 0.912 bits per heavy atom. The van der Waals surface area contributed by atoms with Gasteiger partial charge in [-0.3, -0.25) is 9.59 Å². The van der Waals surface area contributed by atoms with Crippen molar-refractivity contribution in [1.29, 1.82) is 0 Å². The van der Waals surface area contributed by atoms with Crippen molar-refractivity contribution in [3.05, 3.63) is 84.4 Å². The lowest BCUT2D eigenvalue weighted by Crippen LogP contribution is -2.30. The molecule has 0 saturated heterocycles. The predicted molar refractivity (Wildman–Crippen MR) is 139 cm³/mol. The van der Waals surface area contributed by atoms with E-state index >= 15 is 0 Å². The first-order valence-electron chi connectivity index (χ1n) is 11.7. The molecule has 0 bridgehead atoms. The van der Waals surface area contributed by atoms with Gasteiger partial charge in [0.15, 0.2) is 0 Å². The molecule has 0 aliphatic carbocycles. The number of para-hydroxylation sites is 1. The Bertz CT molecular complexity index is 1070. The number of nitrogens with zero attached hydrogens (tertiary/aromatic N) is 1. The van der Waals surface area contributed by atoms with E-state index in [1.165, 1.54) is 0 Å². The van der Waals surface area contributed by atoms with Gasteiger partial charge in [-0.05, 0) is 67.8 Å². The summed E-state index contributed by atoms with van der Waals surface area (Å²) in [5.74, 6) is 1.11. The quantitative estimate of drug-likeness (QED) is 0.379. The molecular weight excluding hydrogens is 426 g/mol. The Morgan fingerprint density at radius 3 is 2.32 bits per heavy atom. The molecule has 0 atom stereocenters. The molecule has 0 aliphatic heterocycles. The number of carbonyl (C=O) groups is 2. The Morgan fingerprint density at radius 2 is 1.65 bits per heavy atom. The van der Waals surface area contributed by atoms with Gasteiger partial charge in [0.2, 0.25) is 5.91 Å². The van der Waals surface area contributed by atoms with Gasteiger partial charge in [-0.1, -0.05) is 38.1 Å². The fraction of sp³-hybridized carbons (Fsp3) is 0.286. The standard InChI is InChI=1S/C28H33N3O3/c1-4-31(25-10-6-5-7-11-25)28(33)22-13-15-23(16-14-22)30-27(32)20-29-24-9-8-12-26(19-24)34-18-17-21(2)3/h5-16,19,21,29H,4,17-18,20H2,1-3H3,(H,30,32). The van der Waals surface area contributed by atoms with Crippen LogP contribution in [0.25, 0.3) is 0 Å². The molecule has 0 unspecified atom stereocenters. The van der Waals surface area contributed by atoms with Crippen LogP contribution in [-0.2, 0) is 4.79 Å². The molecule has 6 nitrogen and oxygen atoms in total. The predicted octanol–water partition coefficient (Wildman–Crippen LogP) is 5.83. The minimum absolute atomic E-state index is 0.0799. The number of amides is 2. The molecule has 2 amide bonds. The van der Waals surface area contributed by atoms with E-state index < -0.39 is 0 Å². The van der Waals surface area contributed by atoms with Crippen molar-refractivity contribution in [2.24, 2.45) is 5.92 Å². The largest absolute Gasteiger partial charge is 0.494 e. The maximum Gasteiger partial charge on any atom is 0.258 e. The number of ether oxygens (including phenoxy) is 1. The fourth-order valence-corrected chi connectivity index (χ4v) is 3.40. The van der Waals surface area contributed by atoms with Crippen LogP contribution in [-0.4, -0.2) is 31.5 Å².